The molecule has 0 amide bonds. The second kappa shape index (κ2) is 24.6. The Bertz CT molecular complexity index is 474. The zero-order chi connectivity index (χ0) is 22.8. The summed E-state index contributed by atoms with van der Waals surface area (Å²) in [7, 11) is 0. The molecule has 0 fully saturated rings. The molecule has 0 aromatic carbocycles. The predicted molar refractivity (Wildman–Crippen MR) is 133 cm³/mol. The second-order valence-electron chi connectivity index (χ2n) is 8.50. The largest absolute Gasteiger partial charge is 0.387 e. The quantitative estimate of drug-likeness (QED) is 0.0835. The molecule has 0 atom stereocenters. The summed E-state index contributed by atoms with van der Waals surface area (Å²) in [6.07, 6.45) is 35.6. The molecule has 31 heavy (non-hydrogen) atoms. The normalized spacial score (nSPS) is 12.8. The first-order valence-corrected chi connectivity index (χ1v) is 12.9. The Balaban J connectivity index is 0.00000107. The van der Waals surface area contributed by atoms with Crippen LogP contribution in [0.1, 0.15) is 129 Å². The van der Waals surface area contributed by atoms with Gasteiger partial charge in [-0.2, -0.15) is 0 Å². The van der Waals surface area contributed by atoms with Crippen LogP contribution in [0.5, 0.6) is 0 Å². The van der Waals surface area contributed by atoms with E-state index >= 15 is 0 Å². The van der Waals surface area contributed by atoms with Crippen molar-refractivity contribution in [1.82, 2.24) is 0 Å². The molecular weight excluding hydrogens is 384 g/mol. The van der Waals surface area contributed by atoms with Crippen LogP contribution in [0.4, 0.5) is 0 Å². The van der Waals surface area contributed by atoms with E-state index in [0.717, 1.165) is 12.2 Å². The van der Waals surface area contributed by atoms with Crippen molar-refractivity contribution in [3.63, 3.8) is 0 Å². The molecule has 0 saturated carbocycles. The molecule has 3 heteroatoms. The van der Waals surface area contributed by atoms with E-state index in [1.54, 1.807) is 0 Å². The van der Waals surface area contributed by atoms with Crippen molar-refractivity contribution in [3.8, 4) is 0 Å². The molecule has 1 rings (SSSR count). The molecule has 1 heterocycles. The summed E-state index contributed by atoms with van der Waals surface area (Å²) in [6, 6.07) is 0. The lowest BCUT2D eigenvalue weighted by Gasteiger charge is -2.03. The van der Waals surface area contributed by atoms with Crippen LogP contribution < -0.4 is 0 Å². The summed E-state index contributed by atoms with van der Waals surface area (Å²) in [4.78, 5) is 19.8. The van der Waals surface area contributed by atoms with Crippen molar-refractivity contribution < 1.29 is 14.3 Å². The van der Waals surface area contributed by atoms with Crippen molar-refractivity contribution in [1.29, 1.82) is 0 Å². The average molecular weight is 433 g/mol. The Kier molecular flexibility index (Phi) is 23.3. The highest BCUT2D eigenvalue weighted by atomic mass is 16.6. The monoisotopic (exact) mass is 432 g/mol. The van der Waals surface area contributed by atoms with Crippen molar-refractivity contribution in [2.24, 2.45) is 0 Å². The molecule has 3 nitrogen and oxygen atoms in total. The van der Waals surface area contributed by atoms with Gasteiger partial charge in [0.2, 0.25) is 0 Å². The minimum Gasteiger partial charge on any atom is -0.387 e. The summed E-state index contributed by atoms with van der Waals surface area (Å²) >= 11 is 0. The van der Waals surface area contributed by atoms with Crippen molar-refractivity contribution in [2.75, 3.05) is 0 Å². The summed E-state index contributed by atoms with van der Waals surface area (Å²) in [5.74, 6) is -1.16. The molecule has 0 aromatic heterocycles. The SMILES string of the molecule is C=CCCCCCCCCCCCCCCCCC=CCCCC.O=C1C=CC(=O)O1. The zero-order valence-corrected chi connectivity index (χ0v) is 20.3. The first-order valence-electron chi connectivity index (χ1n) is 12.9. The molecule has 0 N–H and O–H groups in total. The van der Waals surface area contributed by atoms with Crippen LogP contribution in [0.3, 0.4) is 0 Å². The summed E-state index contributed by atoms with van der Waals surface area (Å²) in [6.45, 7) is 6.04. The third-order valence-corrected chi connectivity index (χ3v) is 5.48. The van der Waals surface area contributed by atoms with Gasteiger partial charge in [0.05, 0.1) is 0 Å². The Labute approximate surface area is 192 Å². The van der Waals surface area contributed by atoms with Gasteiger partial charge in [-0.15, -0.1) is 6.58 Å². The molecule has 178 valence electrons. The highest BCUT2D eigenvalue weighted by Crippen LogP contribution is 2.14. The first kappa shape index (κ1) is 29.4. The predicted octanol–water partition coefficient (Wildman–Crippen LogP) is 8.79. The number of hydrogen-bond acceptors (Lipinski definition) is 3. The number of carbonyl (C=O) groups is 2. The summed E-state index contributed by atoms with van der Waals surface area (Å²) in [5.41, 5.74) is 0. The Morgan fingerprint density at radius 1 is 0.613 bits per heavy atom. The molecule has 0 spiro atoms. The first-order chi connectivity index (χ1) is 15.2. The van der Waals surface area contributed by atoms with E-state index in [9.17, 15) is 9.59 Å². The van der Waals surface area contributed by atoms with E-state index in [1.807, 2.05) is 6.08 Å². The highest BCUT2D eigenvalue weighted by molar-refractivity contribution is 6.04. The number of allylic oxidation sites excluding steroid dienone is 3. The highest BCUT2D eigenvalue weighted by Gasteiger charge is 2.10. The number of esters is 2. The van der Waals surface area contributed by atoms with Gasteiger partial charge in [-0.1, -0.05) is 115 Å². The average Bonchev–Trinajstić information content (AvgIpc) is 3.15. The third kappa shape index (κ3) is 24.5. The van der Waals surface area contributed by atoms with Crippen LogP contribution in [0.15, 0.2) is 37.0 Å². The van der Waals surface area contributed by atoms with Gasteiger partial charge in [-0.25, -0.2) is 9.59 Å². The maximum Gasteiger partial charge on any atom is 0.338 e. The lowest BCUT2D eigenvalue weighted by molar-refractivity contribution is -0.150. The van der Waals surface area contributed by atoms with Gasteiger partial charge in [0.15, 0.2) is 0 Å². The Hall–Kier alpha value is -1.64. The van der Waals surface area contributed by atoms with Gasteiger partial charge in [0.25, 0.3) is 0 Å². The number of hydrogen-bond donors (Lipinski definition) is 0. The minimum atomic E-state index is -0.579. The smallest absolute Gasteiger partial charge is 0.338 e. The van der Waals surface area contributed by atoms with E-state index in [-0.39, 0.29) is 0 Å². The van der Waals surface area contributed by atoms with Crippen molar-refractivity contribution >= 4 is 11.9 Å². The van der Waals surface area contributed by atoms with Crippen molar-refractivity contribution in [3.05, 3.63) is 37.0 Å². The van der Waals surface area contributed by atoms with E-state index in [1.165, 1.54) is 122 Å². The molecule has 0 saturated heterocycles. The second-order valence-corrected chi connectivity index (χ2v) is 8.50. The third-order valence-electron chi connectivity index (χ3n) is 5.48. The lowest BCUT2D eigenvalue weighted by atomic mass is 10.0. The van der Waals surface area contributed by atoms with Gasteiger partial charge in [-0.05, 0) is 32.1 Å². The minimum absolute atomic E-state index is 0.579. The topological polar surface area (TPSA) is 43.4 Å². The maximum atomic E-state index is 9.92. The van der Waals surface area contributed by atoms with E-state index in [2.05, 4.69) is 30.4 Å². The number of unbranched alkanes of at least 4 members (excludes halogenated alkanes) is 17. The molecule has 1 aliphatic heterocycles. The number of cyclic esters (lactones) is 2. The van der Waals surface area contributed by atoms with Crippen molar-refractivity contribution in [2.45, 2.75) is 129 Å². The van der Waals surface area contributed by atoms with Crippen LogP contribution in [-0.4, -0.2) is 11.9 Å². The molecule has 0 aromatic rings. The van der Waals surface area contributed by atoms with Crippen LogP contribution >= 0.6 is 0 Å². The summed E-state index contributed by atoms with van der Waals surface area (Å²) in [5, 5.41) is 0. The fraction of sp³-hybridized carbons (Fsp3) is 0.714. The van der Waals surface area contributed by atoms with Gasteiger partial charge in [0.1, 0.15) is 0 Å². The molecule has 0 unspecified atom stereocenters. The van der Waals surface area contributed by atoms with Gasteiger partial charge >= 0.3 is 11.9 Å². The fourth-order valence-corrected chi connectivity index (χ4v) is 3.53. The van der Waals surface area contributed by atoms with Gasteiger partial charge < -0.3 is 4.74 Å². The number of ether oxygens (including phenoxy) is 1. The Morgan fingerprint density at radius 3 is 1.29 bits per heavy atom. The summed E-state index contributed by atoms with van der Waals surface area (Å²) < 4.78 is 3.97. The fourth-order valence-electron chi connectivity index (χ4n) is 3.53. The maximum absolute atomic E-state index is 9.92. The van der Waals surface area contributed by atoms with Gasteiger partial charge in [0, 0.05) is 12.2 Å². The van der Waals surface area contributed by atoms with Gasteiger partial charge in [-0.3, -0.25) is 0 Å². The van der Waals surface area contributed by atoms with Crippen LogP contribution in [-0.2, 0) is 14.3 Å². The number of rotatable bonds is 20. The molecule has 0 aliphatic carbocycles. The van der Waals surface area contributed by atoms with Crippen LogP contribution in [0.2, 0.25) is 0 Å². The molecular formula is C28H48O3. The van der Waals surface area contributed by atoms with E-state index in [4.69, 9.17) is 0 Å². The lowest BCUT2D eigenvalue weighted by Crippen LogP contribution is -1.96. The van der Waals surface area contributed by atoms with E-state index in [0.29, 0.717) is 0 Å². The molecule has 0 bridgehead atoms. The number of carbonyl (C=O) groups excluding carboxylic acids is 2. The standard InChI is InChI=1S/C24H46.C4H2O3/c1-3-5-7-9-11-13-15-17-19-21-23-24-22-20-18-16-14-12-10-8-6-4-2;5-3-1-2-4(6)7-3/h3,10,12H,1,4-9,11,13-24H2,2H3;1-2H. The van der Waals surface area contributed by atoms with Crippen LogP contribution in [0, 0.1) is 0 Å². The Morgan fingerprint density at radius 2 is 0.968 bits per heavy atom. The van der Waals surface area contributed by atoms with Crippen LogP contribution in [0.25, 0.3) is 0 Å². The van der Waals surface area contributed by atoms with E-state index < -0.39 is 11.9 Å². The molecule has 0 radical (unpaired) electrons. The zero-order valence-electron chi connectivity index (χ0n) is 20.3. The molecule has 1 aliphatic rings.